The molecule has 7 heteroatoms. The monoisotopic (exact) mass is 401 g/mol. The standard InChI is InChI=1S/C17H12BrN3O2S/c18-11-6-8-13(9-7-11)21-16(23)14(15(22)20-17(21)24)10-19-12-4-2-1-3-5-12/h1-10,14H,(H,20,22,24)/t14-/m1/s1. The molecule has 0 saturated carbocycles. The minimum Gasteiger partial charge on any atom is -0.301 e. The van der Waals surface area contributed by atoms with Crippen molar-refractivity contribution in [1.82, 2.24) is 5.32 Å². The fourth-order valence-corrected chi connectivity index (χ4v) is 2.79. The number of nitrogens with zero attached hydrogens (tertiary/aromatic N) is 2. The van der Waals surface area contributed by atoms with Gasteiger partial charge in [-0.3, -0.25) is 19.5 Å². The summed E-state index contributed by atoms with van der Waals surface area (Å²) in [5, 5.41) is 2.62. The summed E-state index contributed by atoms with van der Waals surface area (Å²) in [6.45, 7) is 0. The predicted octanol–water partition coefficient (Wildman–Crippen LogP) is 3.22. The SMILES string of the molecule is O=C1NC(=S)N(c2ccc(Br)cc2)C(=O)[C@@H]1C=Nc1ccccc1. The van der Waals surface area contributed by atoms with Crippen molar-refractivity contribution in [3.63, 3.8) is 0 Å². The number of halogens is 1. The molecule has 1 fully saturated rings. The third kappa shape index (κ3) is 3.42. The van der Waals surface area contributed by atoms with E-state index in [0.29, 0.717) is 11.4 Å². The largest absolute Gasteiger partial charge is 0.301 e. The number of para-hydroxylation sites is 1. The van der Waals surface area contributed by atoms with Gasteiger partial charge >= 0.3 is 0 Å². The van der Waals surface area contributed by atoms with E-state index < -0.39 is 17.7 Å². The molecule has 0 spiro atoms. The fraction of sp³-hybridized carbons (Fsp3) is 0.0588. The van der Waals surface area contributed by atoms with E-state index >= 15 is 0 Å². The number of rotatable bonds is 3. The first-order chi connectivity index (χ1) is 11.6. The molecule has 1 saturated heterocycles. The van der Waals surface area contributed by atoms with Crippen LogP contribution in [0.4, 0.5) is 11.4 Å². The van der Waals surface area contributed by atoms with Gasteiger partial charge in [0.2, 0.25) is 5.91 Å². The van der Waals surface area contributed by atoms with Crippen molar-refractivity contribution >= 4 is 62.7 Å². The van der Waals surface area contributed by atoms with Gasteiger partial charge < -0.3 is 5.32 Å². The molecule has 3 rings (SSSR count). The number of thiocarbonyl (C=S) groups is 1. The number of anilines is 1. The van der Waals surface area contributed by atoms with E-state index in [1.165, 1.54) is 11.1 Å². The van der Waals surface area contributed by atoms with Gasteiger partial charge in [-0.05, 0) is 48.6 Å². The Kier molecular flexibility index (Phi) is 4.82. The number of carbonyl (C=O) groups excluding carboxylic acids is 2. The molecule has 1 aliphatic rings. The summed E-state index contributed by atoms with van der Waals surface area (Å²) in [6, 6.07) is 16.2. The first-order valence-electron chi connectivity index (χ1n) is 7.10. The van der Waals surface area contributed by atoms with Crippen LogP contribution in [-0.4, -0.2) is 23.1 Å². The number of aliphatic imine (C=N–C) groups is 1. The Balaban J connectivity index is 1.88. The van der Waals surface area contributed by atoms with Crippen molar-refractivity contribution in [3.8, 4) is 0 Å². The molecule has 2 amide bonds. The fourth-order valence-electron chi connectivity index (χ4n) is 2.23. The lowest BCUT2D eigenvalue weighted by Gasteiger charge is -2.30. The van der Waals surface area contributed by atoms with E-state index in [1.54, 1.807) is 36.4 Å². The number of amides is 2. The highest BCUT2D eigenvalue weighted by atomic mass is 79.9. The van der Waals surface area contributed by atoms with Crippen LogP contribution in [0, 0.1) is 5.92 Å². The molecule has 0 radical (unpaired) electrons. The highest BCUT2D eigenvalue weighted by molar-refractivity contribution is 9.10. The number of carbonyl (C=O) groups is 2. The zero-order valence-corrected chi connectivity index (χ0v) is 14.8. The lowest BCUT2D eigenvalue weighted by Crippen LogP contribution is -2.58. The zero-order chi connectivity index (χ0) is 17.1. The highest BCUT2D eigenvalue weighted by Gasteiger charge is 2.38. The maximum atomic E-state index is 12.7. The molecule has 0 unspecified atom stereocenters. The number of hydrogen-bond donors (Lipinski definition) is 1. The highest BCUT2D eigenvalue weighted by Crippen LogP contribution is 2.23. The number of nitrogens with one attached hydrogen (secondary N) is 1. The van der Waals surface area contributed by atoms with Crippen molar-refractivity contribution < 1.29 is 9.59 Å². The summed E-state index contributed by atoms with van der Waals surface area (Å²) >= 11 is 8.49. The second kappa shape index (κ2) is 7.02. The molecule has 0 bridgehead atoms. The van der Waals surface area contributed by atoms with Gasteiger partial charge in [0.1, 0.15) is 0 Å². The first kappa shape index (κ1) is 16.5. The van der Waals surface area contributed by atoms with Crippen LogP contribution in [0.15, 0.2) is 64.1 Å². The van der Waals surface area contributed by atoms with Crippen molar-refractivity contribution in [2.45, 2.75) is 0 Å². The third-order valence-corrected chi connectivity index (χ3v) is 4.23. The Hall–Kier alpha value is -2.38. The molecule has 0 aliphatic carbocycles. The number of benzene rings is 2. The van der Waals surface area contributed by atoms with Gasteiger partial charge in [0.15, 0.2) is 11.0 Å². The van der Waals surface area contributed by atoms with Gasteiger partial charge in [-0.1, -0.05) is 34.1 Å². The molecule has 2 aromatic rings. The molecule has 120 valence electrons. The minimum atomic E-state index is -1.03. The average Bonchev–Trinajstić information content (AvgIpc) is 2.57. The summed E-state index contributed by atoms with van der Waals surface area (Å²) in [5.41, 5.74) is 1.26. The Morgan fingerprint density at radius 3 is 2.42 bits per heavy atom. The number of hydrogen-bond acceptors (Lipinski definition) is 4. The third-order valence-electron chi connectivity index (χ3n) is 3.42. The maximum Gasteiger partial charge on any atom is 0.251 e. The minimum absolute atomic E-state index is 0.0664. The topological polar surface area (TPSA) is 61.8 Å². The maximum absolute atomic E-state index is 12.7. The molecule has 2 aromatic carbocycles. The van der Waals surface area contributed by atoms with Gasteiger partial charge in [0.05, 0.1) is 11.4 Å². The molecule has 1 atom stereocenters. The van der Waals surface area contributed by atoms with E-state index in [1.807, 2.05) is 18.2 Å². The van der Waals surface area contributed by atoms with Crippen molar-refractivity contribution in [2.75, 3.05) is 4.90 Å². The molecular weight excluding hydrogens is 390 g/mol. The molecule has 5 nitrogen and oxygen atoms in total. The van der Waals surface area contributed by atoms with Gasteiger partial charge in [0, 0.05) is 10.7 Å². The predicted molar refractivity (Wildman–Crippen MR) is 100 cm³/mol. The second-order valence-corrected chi connectivity index (χ2v) is 6.34. The lowest BCUT2D eigenvalue weighted by molar-refractivity contribution is -0.130. The van der Waals surface area contributed by atoms with E-state index in [-0.39, 0.29) is 5.11 Å². The lowest BCUT2D eigenvalue weighted by atomic mass is 10.1. The van der Waals surface area contributed by atoms with Gasteiger partial charge in [-0.15, -0.1) is 0 Å². The molecule has 0 aromatic heterocycles. The normalized spacial score (nSPS) is 18.1. The Morgan fingerprint density at radius 2 is 1.75 bits per heavy atom. The van der Waals surface area contributed by atoms with E-state index in [2.05, 4.69) is 26.2 Å². The van der Waals surface area contributed by atoms with Crippen molar-refractivity contribution in [3.05, 3.63) is 59.1 Å². The van der Waals surface area contributed by atoms with Crippen LogP contribution in [0.3, 0.4) is 0 Å². The van der Waals surface area contributed by atoms with Gasteiger partial charge in [-0.2, -0.15) is 0 Å². The van der Waals surface area contributed by atoms with Crippen molar-refractivity contribution in [1.29, 1.82) is 0 Å². The molecule has 1 N–H and O–H groups in total. The Labute approximate surface area is 152 Å². The van der Waals surface area contributed by atoms with Crippen LogP contribution in [0.25, 0.3) is 0 Å². The van der Waals surface area contributed by atoms with Crippen LogP contribution in [-0.2, 0) is 9.59 Å². The van der Waals surface area contributed by atoms with Crippen molar-refractivity contribution in [2.24, 2.45) is 10.9 Å². The Morgan fingerprint density at radius 1 is 1.08 bits per heavy atom. The van der Waals surface area contributed by atoms with Gasteiger partial charge in [-0.25, -0.2) is 0 Å². The summed E-state index contributed by atoms with van der Waals surface area (Å²) in [7, 11) is 0. The second-order valence-electron chi connectivity index (χ2n) is 5.04. The van der Waals surface area contributed by atoms with Crippen LogP contribution < -0.4 is 10.2 Å². The summed E-state index contributed by atoms with van der Waals surface area (Å²) in [5.74, 6) is -1.93. The Bertz CT molecular complexity index is 821. The van der Waals surface area contributed by atoms with Gasteiger partial charge in [0.25, 0.3) is 5.91 Å². The van der Waals surface area contributed by atoms with Crippen LogP contribution in [0.1, 0.15) is 0 Å². The molecule has 1 aliphatic heterocycles. The molecule has 1 heterocycles. The van der Waals surface area contributed by atoms with E-state index in [4.69, 9.17) is 12.2 Å². The summed E-state index contributed by atoms with van der Waals surface area (Å²) < 4.78 is 0.882. The van der Waals surface area contributed by atoms with Crippen LogP contribution in [0.5, 0.6) is 0 Å². The quantitative estimate of drug-likeness (QED) is 0.487. The molecular formula is C17H12BrN3O2S. The summed E-state index contributed by atoms with van der Waals surface area (Å²) in [4.78, 5) is 30.4. The summed E-state index contributed by atoms with van der Waals surface area (Å²) in [6.07, 6.45) is 1.35. The smallest absolute Gasteiger partial charge is 0.251 e. The van der Waals surface area contributed by atoms with Crippen LogP contribution in [0.2, 0.25) is 0 Å². The first-order valence-corrected chi connectivity index (χ1v) is 8.30. The van der Waals surface area contributed by atoms with Crippen LogP contribution >= 0.6 is 28.1 Å². The average molecular weight is 402 g/mol. The molecule has 24 heavy (non-hydrogen) atoms. The zero-order valence-electron chi connectivity index (χ0n) is 12.3. The van der Waals surface area contributed by atoms with E-state index in [0.717, 1.165) is 4.47 Å². The van der Waals surface area contributed by atoms with E-state index in [9.17, 15) is 9.59 Å².